The van der Waals surface area contributed by atoms with E-state index in [1.54, 1.807) is 0 Å². The van der Waals surface area contributed by atoms with Crippen molar-refractivity contribution >= 4 is 12.2 Å². The predicted molar refractivity (Wildman–Crippen MR) is 72.0 cm³/mol. The van der Waals surface area contributed by atoms with Crippen molar-refractivity contribution in [2.24, 2.45) is 5.92 Å². The monoisotopic (exact) mass is 208 g/mol. The Hall–Kier alpha value is -1.82. The Labute approximate surface area is 97.3 Å². The van der Waals surface area contributed by atoms with Gasteiger partial charge in [0.15, 0.2) is 0 Å². The number of rotatable bonds is 3. The minimum atomic E-state index is 0.545. The lowest BCUT2D eigenvalue weighted by Crippen LogP contribution is -1.91. The molecule has 16 heavy (non-hydrogen) atoms. The molecule has 0 aromatic heterocycles. The molecule has 0 N–H and O–H groups in total. The quantitative estimate of drug-likeness (QED) is 0.687. The van der Waals surface area contributed by atoms with Crippen molar-refractivity contribution in [1.29, 1.82) is 0 Å². The molecule has 0 nitrogen and oxygen atoms in total. The van der Waals surface area contributed by atoms with Crippen LogP contribution in [0.3, 0.4) is 0 Å². The number of hydrogen-bond acceptors (Lipinski definition) is 0. The van der Waals surface area contributed by atoms with Crippen LogP contribution >= 0.6 is 0 Å². The molecule has 0 saturated heterocycles. The topological polar surface area (TPSA) is 0 Å². The van der Waals surface area contributed by atoms with Crippen LogP contribution in [-0.2, 0) is 0 Å². The molecule has 2 rings (SSSR count). The Bertz CT molecular complexity index is 430. The summed E-state index contributed by atoms with van der Waals surface area (Å²) in [5, 5.41) is 0. The van der Waals surface area contributed by atoms with Crippen molar-refractivity contribution in [3.8, 4) is 0 Å². The van der Waals surface area contributed by atoms with Crippen LogP contribution in [0.2, 0.25) is 0 Å². The maximum Gasteiger partial charge on any atom is -0.00124 e. The normalized spacial score (nSPS) is 19.1. The van der Waals surface area contributed by atoms with Gasteiger partial charge in [0.1, 0.15) is 0 Å². The van der Waals surface area contributed by atoms with Crippen molar-refractivity contribution in [1.82, 2.24) is 0 Å². The number of hydrogen-bond donors (Lipinski definition) is 0. The summed E-state index contributed by atoms with van der Waals surface area (Å²) in [4.78, 5) is 0. The molecule has 0 bridgehead atoms. The summed E-state index contributed by atoms with van der Waals surface area (Å²) in [7, 11) is 0. The molecule has 0 amide bonds. The molecule has 1 aliphatic rings. The van der Waals surface area contributed by atoms with Gasteiger partial charge >= 0.3 is 0 Å². The van der Waals surface area contributed by atoms with E-state index < -0.39 is 0 Å². The van der Waals surface area contributed by atoms with Crippen LogP contribution in [0, 0.1) is 5.92 Å². The molecule has 0 aliphatic heterocycles. The Kier molecular flexibility index (Phi) is 3.55. The summed E-state index contributed by atoms with van der Waals surface area (Å²) in [5.74, 6) is 0.545. The van der Waals surface area contributed by atoms with Gasteiger partial charge in [-0.05, 0) is 23.5 Å². The van der Waals surface area contributed by atoms with Gasteiger partial charge in [0.2, 0.25) is 0 Å². The largest absolute Gasteiger partial charge is 0.0985 e. The van der Waals surface area contributed by atoms with E-state index in [0.29, 0.717) is 5.92 Å². The molecule has 0 saturated carbocycles. The van der Waals surface area contributed by atoms with Crippen molar-refractivity contribution in [3.05, 3.63) is 72.4 Å². The molecule has 0 heteroatoms. The molecule has 1 unspecified atom stereocenters. The Morgan fingerprint density at radius 2 is 1.81 bits per heavy atom. The van der Waals surface area contributed by atoms with Gasteiger partial charge in [-0.1, -0.05) is 73.4 Å². The van der Waals surface area contributed by atoms with Crippen LogP contribution in [0.1, 0.15) is 17.5 Å². The maximum absolute atomic E-state index is 3.75. The number of allylic oxidation sites excluding steroid dienone is 5. The molecule has 1 aromatic carbocycles. The second kappa shape index (κ2) is 5.32. The van der Waals surface area contributed by atoms with Gasteiger partial charge in [-0.2, -0.15) is 0 Å². The fraction of sp³-hybridized carbons (Fsp3) is 0.125. The van der Waals surface area contributed by atoms with E-state index in [1.807, 2.05) is 6.08 Å². The molecule has 1 aliphatic carbocycles. The SMILES string of the molecule is C=Cc1ccc(C=CC2C=CC=CC2)cc1. The van der Waals surface area contributed by atoms with E-state index in [9.17, 15) is 0 Å². The van der Waals surface area contributed by atoms with Crippen molar-refractivity contribution in [2.45, 2.75) is 6.42 Å². The Morgan fingerprint density at radius 1 is 1.06 bits per heavy atom. The fourth-order valence-corrected chi connectivity index (χ4v) is 1.72. The van der Waals surface area contributed by atoms with Crippen LogP contribution in [-0.4, -0.2) is 0 Å². The molecular formula is C16H16. The van der Waals surface area contributed by atoms with Crippen molar-refractivity contribution in [3.63, 3.8) is 0 Å². The van der Waals surface area contributed by atoms with Gasteiger partial charge in [-0.3, -0.25) is 0 Å². The molecule has 0 heterocycles. The van der Waals surface area contributed by atoms with Crippen LogP contribution < -0.4 is 0 Å². The average Bonchev–Trinajstić information content (AvgIpc) is 2.38. The third-order valence-electron chi connectivity index (χ3n) is 2.72. The first-order valence-electron chi connectivity index (χ1n) is 5.62. The molecule has 1 aromatic rings. The second-order valence-corrected chi connectivity index (χ2v) is 3.94. The van der Waals surface area contributed by atoms with Crippen LogP contribution in [0.25, 0.3) is 12.2 Å². The summed E-state index contributed by atoms with van der Waals surface area (Å²) in [6.45, 7) is 3.75. The Morgan fingerprint density at radius 3 is 2.44 bits per heavy atom. The summed E-state index contributed by atoms with van der Waals surface area (Å²) < 4.78 is 0. The van der Waals surface area contributed by atoms with Gasteiger partial charge < -0.3 is 0 Å². The first kappa shape index (κ1) is 10.7. The zero-order chi connectivity index (χ0) is 11.2. The summed E-state index contributed by atoms with van der Waals surface area (Å²) in [6, 6.07) is 8.42. The lowest BCUT2D eigenvalue weighted by molar-refractivity contribution is 0.826. The van der Waals surface area contributed by atoms with Gasteiger partial charge in [0.25, 0.3) is 0 Å². The highest BCUT2D eigenvalue weighted by molar-refractivity contribution is 5.55. The third kappa shape index (κ3) is 2.83. The van der Waals surface area contributed by atoms with Crippen LogP contribution in [0.4, 0.5) is 0 Å². The van der Waals surface area contributed by atoms with Crippen molar-refractivity contribution in [2.75, 3.05) is 0 Å². The maximum atomic E-state index is 3.75. The molecule has 0 spiro atoms. The fourth-order valence-electron chi connectivity index (χ4n) is 1.72. The first-order valence-corrected chi connectivity index (χ1v) is 5.62. The van der Waals surface area contributed by atoms with Crippen LogP contribution in [0.5, 0.6) is 0 Å². The predicted octanol–water partition coefficient (Wildman–Crippen LogP) is 4.48. The zero-order valence-corrected chi connectivity index (χ0v) is 9.34. The highest BCUT2D eigenvalue weighted by atomic mass is 14.0. The van der Waals surface area contributed by atoms with Gasteiger partial charge in [0, 0.05) is 0 Å². The molecular weight excluding hydrogens is 192 g/mol. The van der Waals surface area contributed by atoms with Crippen molar-refractivity contribution < 1.29 is 0 Å². The van der Waals surface area contributed by atoms with Crippen LogP contribution in [0.15, 0.2) is 61.2 Å². The smallest absolute Gasteiger partial charge is 0.00124 e. The van der Waals surface area contributed by atoms with E-state index in [1.165, 1.54) is 5.56 Å². The zero-order valence-electron chi connectivity index (χ0n) is 9.34. The number of benzene rings is 1. The van der Waals surface area contributed by atoms with E-state index in [-0.39, 0.29) is 0 Å². The Balaban J connectivity index is 2.02. The second-order valence-electron chi connectivity index (χ2n) is 3.94. The first-order chi connectivity index (χ1) is 7.88. The van der Waals surface area contributed by atoms with E-state index >= 15 is 0 Å². The van der Waals surface area contributed by atoms with E-state index in [2.05, 4.69) is 67.3 Å². The lowest BCUT2D eigenvalue weighted by atomic mass is 9.99. The minimum absolute atomic E-state index is 0.545. The highest BCUT2D eigenvalue weighted by Crippen LogP contribution is 2.15. The highest BCUT2D eigenvalue weighted by Gasteiger charge is 1.99. The van der Waals surface area contributed by atoms with Gasteiger partial charge in [0.05, 0.1) is 0 Å². The summed E-state index contributed by atoms with van der Waals surface area (Å²) in [5.41, 5.74) is 2.41. The third-order valence-corrected chi connectivity index (χ3v) is 2.72. The summed E-state index contributed by atoms with van der Waals surface area (Å²) in [6.07, 6.45) is 16.1. The molecule has 0 fully saturated rings. The standard InChI is InChI=1S/C16H16/c1-2-14-8-10-16(11-9-14)13-12-15-6-4-3-5-7-15/h2-6,8-13,15H,1,7H2. The lowest BCUT2D eigenvalue weighted by Gasteiger charge is -2.06. The molecule has 1 atom stereocenters. The average molecular weight is 208 g/mol. The van der Waals surface area contributed by atoms with Gasteiger partial charge in [-0.25, -0.2) is 0 Å². The summed E-state index contributed by atoms with van der Waals surface area (Å²) >= 11 is 0. The van der Waals surface area contributed by atoms with E-state index in [0.717, 1.165) is 12.0 Å². The molecule has 0 radical (unpaired) electrons. The molecule has 80 valence electrons. The van der Waals surface area contributed by atoms with E-state index in [4.69, 9.17) is 0 Å². The minimum Gasteiger partial charge on any atom is -0.0985 e. The van der Waals surface area contributed by atoms with Gasteiger partial charge in [-0.15, -0.1) is 0 Å².